The van der Waals surface area contributed by atoms with Crippen molar-refractivity contribution in [3.63, 3.8) is 0 Å². The molecule has 2 amide bonds. The van der Waals surface area contributed by atoms with E-state index in [1.165, 1.54) is 12.1 Å². The summed E-state index contributed by atoms with van der Waals surface area (Å²) in [5, 5.41) is 9.53. The van der Waals surface area contributed by atoms with Crippen molar-refractivity contribution in [2.24, 2.45) is 5.92 Å². The van der Waals surface area contributed by atoms with E-state index in [1.54, 1.807) is 21.9 Å². The number of benzene rings is 1. The van der Waals surface area contributed by atoms with Gasteiger partial charge in [-0.25, -0.2) is 4.39 Å². The summed E-state index contributed by atoms with van der Waals surface area (Å²) in [4.78, 5) is 39.6. The molecule has 0 spiro atoms. The van der Waals surface area contributed by atoms with Gasteiger partial charge in [-0.3, -0.25) is 14.4 Å². The van der Waals surface area contributed by atoms with Gasteiger partial charge in [-0.05, 0) is 30.5 Å². The number of carboxylic acid groups (broad SMARTS) is 1. The highest BCUT2D eigenvalue weighted by atomic mass is 19.1. The summed E-state index contributed by atoms with van der Waals surface area (Å²) in [6.45, 7) is 1.51. The predicted octanol–water partition coefficient (Wildman–Crippen LogP) is 2.24. The molecule has 0 aromatic heterocycles. The molecule has 7 heteroatoms. The molecule has 2 aliphatic rings. The lowest BCUT2D eigenvalue weighted by Crippen LogP contribution is -2.36. The lowest BCUT2D eigenvalue weighted by Gasteiger charge is -2.22. The standard InChI is InChI=1S/C20H25FN2O4/c21-15-7-5-14(6-8-15)16-12-23(13-17(16)20(26)27)19(25)9-11-22-10-3-1-2-4-18(22)24/h5-8,16-17H,1-4,9-13H2,(H,26,27). The van der Waals surface area contributed by atoms with E-state index in [-0.39, 0.29) is 36.5 Å². The summed E-state index contributed by atoms with van der Waals surface area (Å²) in [6, 6.07) is 5.78. The maximum Gasteiger partial charge on any atom is 0.308 e. The Balaban J connectivity index is 1.62. The monoisotopic (exact) mass is 376 g/mol. The molecule has 6 nitrogen and oxygen atoms in total. The zero-order valence-electron chi connectivity index (χ0n) is 15.3. The maximum atomic E-state index is 13.2. The van der Waals surface area contributed by atoms with Crippen LogP contribution in [-0.4, -0.2) is 58.9 Å². The number of carbonyl (C=O) groups is 3. The fourth-order valence-electron chi connectivity index (χ4n) is 3.97. The Kier molecular flexibility index (Phi) is 6.08. The van der Waals surface area contributed by atoms with Crippen LogP contribution in [0.25, 0.3) is 0 Å². The van der Waals surface area contributed by atoms with Crippen LogP contribution in [0, 0.1) is 11.7 Å². The minimum atomic E-state index is -0.956. The molecule has 0 bridgehead atoms. The summed E-state index contributed by atoms with van der Waals surface area (Å²) in [5.41, 5.74) is 0.724. The molecule has 2 aliphatic heterocycles. The second-order valence-electron chi connectivity index (χ2n) is 7.34. The van der Waals surface area contributed by atoms with Gasteiger partial charge in [0.05, 0.1) is 5.92 Å². The van der Waals surface area contributed by atoms with E-state index in [1.807, 2.05) is 0 Å². The summed E-state index contributed by atoms with van der Waals surface area (Å²) in [5.74, 6) is -2.44. The third-order valence-corrected chi connectivity index (χ3v) is 5.55. The minimum Gasteiger partial charge on any atom is -0.481 e. The van der Waals surface area contributed by atoms with Crippen LogP contribution in [0.2, 0.25) is 0 Å². The van der Waals surface area contributed by atoms with Gasteiger partial charge in [0.1, 0.15) is 5.82 Å². The molecule has 1 N–H and O–H groups in total. The molecule has 1 aromatic rings. The summed E-state index contributed by atoms with van der Waals surface area (Å²) >= 11 is 0. The SMILES string of the molecule is O=C(O)C1CN(C(=O)CCN2CCCCCC2=O)CC1c1ccc(F)cc1. The zero-order chi connectivity index (χ0) is 19.4. The van der Waals surface area contributed by atoms with Gasteiger partial charge in [0, 0.05) is 44.9 Å². The molecule has 146 valence electrons. The molecule has 27 heavy (non-hydrogen) atoms. The van der Waals surface area contributed by atoms with Crippen molar-refractivity contribution in [2.75, 3.05) is 26.2 Å². The first-order chi connectivity index (χ1) is 13.0. The first-order valence-electron chi connectivity index (χ1n) is 9.49. The second-order valence-corrected chi connectivity index (χ2v) is 7.34. The van der Waals surface area contributed by atoms with Crippen LogP contribution in [0.3, 0.4) is 0 Å². The number of amides is 2. The molecule has 2 heterocycles. The molecule has 2 saturated heterocycles. The van der Waals surface area contributed by atoms with E-state index in [9.17, 15) is 23.9 Å². The third-order valence-electron chi connectivity index (χ3n) is 5.55. The van der Waals surface area contributed by atoms with Gasteiger partial charge in [0.15, 0.2) is 0 Å². The van der Waals surface area contributed by atoms with Crippen LogP contribution in [0.15, 0.2) is 24.3 Å². The Morgan fingerprint density at radius 1 is 1.11 bits per heavy atom. The molecular formula is C20H25FN2O4. The fraction of sp³-hybridized carbons (Fsp3) is 0.550. The number of nitrogens with zero attached hydrogens (tertiary/aromatic N) is 2. The fourth-order valence-corrected chi connectivity index (χ4v) is 3.97. The van der Waals surface area contributed by atoms with Crippen molar-refractivity contribution in [3.05, 3.63) is 35.6 Å². The van der Waals surface area contributed by atoms with Gasteiger partial charge >= 0.3 is 5.97 Å². The Hall–Kier alpha value is -2.44. The highest BCUT2D eigenvalue weighted by molar-refractivity contribution is 5.81. The van der Waals surface area contributed by atoms with Crippen molar-refractivity contribution in [1.82, 2.24) is 9.80 Å². The topological polar surface area (TPSA) is 77.9 Å². The van der Waals surface area contributed by atoms with Gasteiger partial charge in [-0.2, -0.15) is 0 Å². The van der Waals surface area contributed by atoms with Crippen molar-refractivity contribution in [2.45, 2.75) is 38.0 Å². The average molecular weight is 376 g/mol. The Bertz CT molecular complexity index is 706. The zero-order valence-corrected chi connectivity index (χ0v) is 15.3. The molecule has 3 rings (SSSR count). The van der Waals surface area contributed by atoms with Crippen LogP contribution in [0.5, 0.6) is 0 Å². The van der Waals surface area contributed by atoms with E-state index in [4.69, 9.17) is 0 Å². The number of halogens is 1. The number of hydrogen-bond donors (Lipinski definition) is 1. The Morgan fingerprint density at radius 3 is 2.56 bits per heavy atom. The van der Waals surface area contributed by atoms with E-state index < -0.39 is 11.9 Å². The van der Waals surface area contributed by atoms with E-state index >= 15 is 0 Å². The van der Waals surface area contributed by atoms with Crippen molar-refractivity contribution < 1.29 is 23.9 Å². The Labute approximate surface area is 157 Å². The highest BCUT2D eigenvalue weighted by Crippen LogP contribution is 2.33. The first kappa shape index (κ1) is 19.3. The minimum absolute atomic E-state index is 0.0920. The van der Waals surface area contributed by atoms with Crippen molar-refractivity contribution >= 4 is 17.8 Å². The molecule has 2 atom stereocenters. The molecule has 2 unspecified atom stereocenters. The molecule has 2 fully saturated rings. The summed E-state index contributed by atoms with van der Waals surface area (Å²) in [7, 11) is 0. The van der Waals surface area contributed by atoms with E-state index in [0.717, 1.165) is 24.8 Å². The number of hydrogen-bond acceptors (Lipinski definition) is 3. The van der Waals surface area contributed by atoms with E-state index in [0.29, 0.717) is 26.1 Å². The quantitative estimate of drug-likeness (QED) is 0.855. The molecular weight excluding hydrogens is 351 g/mol. The van der Waals surface area contributed by atoms with E-state index in [2.05, 4.69) is 0 Å². The lowest BCUT2D eigenvalue weighted by molar-refractivity contribution is -0.141. The van der Waals surface area contributed by atoms with Gasteiger partial charge in [0.25, 0.3) is 0 Å². The highest BCUT2D eigenvalue weighted by Gasteiger charge is 2.40. The maximum absolute atomic E-state index is 13.2. The number of aliphatic carboxylic acids is 1. The van der Waals surface area contributed by atoms with Gasteiger partial charge in [0.2, 0.25) is 11.8 Å². The Morgan fingerprint density at radius 2 is 1.85 bits per heavy atom. The molecule has 0 aliphatic carbocycles. The number of carboxylic acids is 1. The van der Waals surface area contributed by atoms with Crippen LogP contribution >= 0.6 is 0 Å². The van der Waals surface area contributed by atoms with Gasteiger partial charge < -0.3 is 14.9 Å². The largest absolute Gasteiger partial charge is 0.481 e. The predicted molar refractivity (Wildman–Crippen MR) is 96.5 cm³/mol. The summed E-state index contributed by atoms with van der Waals surface area (Å²) < 4.78 is 13.2. The lowest BCUT2D eigenvalue weighted by atomic mass is 9.89. The first-order valence-corrected chi connectivity index (χ1v) is 9.49. The number of likely N-dealkylation sites (tertiary alicyclic amines) is 2. The van der Waals surface area contributed by atoms with Crippen LogP contribution in [-0.2, 0) is 14.4 Å². The third kappa shape index (κ3) is 4.64. The van der Waals surface area contributed by atoms with Crippen LogP contribution in [0.1, 0.15) is 43.6 Å². The second kappa shape index (κ2) is 8.50. The van der Waals surface area contributed by atoms with Gasteiger partial charge in [-0.15, -0.1) is 0 Å². The normalized spacial score (nSPS) is 23.4. The van der Waals surface area contributed by atoms with Crippen LogP contribution < -0.4 is 0 Å². The smallest absolute Gasteiger partial charge is 0.308 e. The van der Waals surface area contributed by atoms with Crippen molar-refractivity contribution in [1.29, 1.82) is 0 Å². The van der Waals surface area contributed by atoms with Crippen LogP contribution in [0.4, 0.5) is 4.39 Å². The average Bonchev–Trinajstić information content (AvgIpc) is 2.99. The molecule has 1 aromatic carbocycles. The number of carbonyl (C=O) groups excluding carboxylic acids is 2. The molecule has 0 saturated carbocycles. The van der Waals surface area contributed by atoms with Crippen molar-refractivity contribution in [3.8, 4) is 0 Å². The number of rotatable bonds is 5. The summed E-state index contributed by atoms with van der Waals surface area (Å²) in [6.07, 6.45) is 3.62. The molecule has 0 radical (unpaired) electrons. The van der Waals surface area contributed by atoms with Gasteiger partial charge in [-0.1, -0.05) is 18.6 Å².